The Morgan fingerprint density at radius 1 is 1.07 bits per heavy atom. The lowest BCUT2D eigenvalue weighted by Crippen LogP contribution is -2.54. The first-order valence-corrected chi connectivity index (χ1v) is 10.5. The fourth-order valence-electron chi connectivity index (χ4n) is 3.70. The molecule has 0 radical (unpaired) electrons. The normalized spacial score (nSPS) is 15.5. The van der Waals surface area contributed by atoms with Crippen LogP contribution in [0.2, 0.25) is 0 Å². The quantitative estimate of drug-likeness (QED) is 0.795. The van der Waals surface area contributed by atoms with Crippen molar-refractivity contribution in [3.8, 4) is 5.75 Å². The van der Waals surface area contributed by atoms with Crippen LogP contribution in [0.1, 0.15) is 35.3 Å². The molecule has 1 aliphatic rings. The Labute approximate surface area is 178 Å². The van der Waals surface area contributed by atoms with Crippen molar-refractivity contribution in [2.45, 2.75) is 33.2 Å². The summed E-state index contributed by atoms with van der Waals surface area (Å²) in [4.78, 5) is 29.5. The zero-order valence-corrected chi connectivity index (χ0v) is 18.3. The minimum absolute atomic E-state index is 0.0545. The highest BCUT2D eigenvalue weighted by Gasteiger charge is 2.28. The lowest BCUT2D eigenvalue weighted by Gasteiger charge is -2.37. The van der Waals surface area contributed by atoms with Gasteiger partial charge in [-0.1, -0.05) is 25.1 Å². The van der Waals surface area contributed by atoms with Gasteiger partial charge in [-0.15, -0.1) is 0 Å². The molecule has 1 N–H and O–H groups in total. The van der Waals surface area contributed by atoms with Crippen molar-refractivity contribution in [3.05, 3.63) is 59.2 Å². The molecule has 6 heteroatoms. The van der Waals surface area contributed by atoms with E-state index >= 15 is 0 Å². The molecule has 1 fully saturated rings. The van der Waals surface area contributed by atoms with Crippen molar-refractivity contribution in [2.75, 3.05) is 38.6 Å². The molecule has 6 nitrogen and oxygen atoms in total. The summed E-state index contributed by atoms with van der Waals surface area (Å²) in [6, 6.07) is 13.2. The van der Waals surface area contributed by atoms with E-state index < -0.39 is 0 Å². The van der Waals surface area contributed by atoms with E-state index in [0.717, 1.165) is 17.5 Å². The molecule has 1 saturated heterocycles. The van der Waals surface area contributed by atoms with Crippen LogP contribution in [0.25, 0.3) is 0 Å². The highest BCUT2D eigenvalue weighted by atomic mass is 16.5. The van der Waals surface area contributed by atoms with Gasteiger partial charge in [0.25, 0.3) is 5.91 Å². The van der Waals surface area contributed by atoms with Gasteiger partial charge in [-0.05, 0) is 55.7 Å². The van der Waals surface area contributed by atoms with E-state index in [2.05, 4.69) is 17.1 Å². The zero-order chi connectivity index (χ0) is 21.7. The van der Waals surface area contributed by atoms with E-state index in [9.17, 15) is 9.59 Å². The summed E-state index contributed by atoms with van der Waals surface area (Å²) >= 11 is 0. The lowest BCUT2D eigenvalue weighted by molar-refractivity contribution is -0.121. The number of piperazine rings is 1. The second-order valence-electron chi connectivity index (χ2n) is 7.75. The van der Waals surface area contributed by atoms with E-state index in [1.807, 2.05) is 61.2 Å². The van der Waals surface area contributed by atoms with Gasteiger partial charge < -0.3 is 15.0 Å². The first-order chi connectivity index (χ1) is 14.4. The number of ether oxygens (including phenoxy) is 1. The molecule has 0 aliphatic carbocycles. The van der Waals surface area contributed by atoms with Crippen molar-refractivity contribution < 1.29 is 14.3 Å². The van der Waals surface area contributed by atoms with Gasteiger partial charge in [0, 0.05) is 31.7 Å². The van der Waals surface area contributed by atoms with Gasteiger partial charge in [-0.25, -0.2) is 0 Å². The van der Waals surface area contributed by atoms with Crippen molar-refractivity contribution >= 4 is 17.5 Å². The van der Waals surface area contributed by atoms with Crippen molar-refractivity contribution in [1.82, 2.24) is 9.80 Å². The summed E-state index contributed by atoms with van der Waals surface area (Å²) in [5.74, 6) is 0.624. The monoisotopic (exact) mass is 409 g/mol. The number of benzene rings is 2. The second-order valence-corrected chi connectivity index (χ2v) is 7.75. The third-order valence-corrected chi connectivity index (χ3v) is 5.75. The van der Waals surface area contributed by atoms with Gasteiger partial charge >= 0.3 is 0 Å². The van der Waals surface area contributed by atoms with Crippen molar-refractivity contribution in [3.63, 3.8) is 0 Å². The number of hydrogen-bond acceptors (Lipinski definition) is 4. The van der Waals surface area contributed by atoms with Gasteiger partial charge in [-0.2, -0.15) is 0 Å². The SMILES string of the molecule is CCc1ccc(C(=O)N2CCN(C(C)C(=O)Nc3cc(C)ccc3OC)CC2)cc1. The highest BCUT2D eigenvalue weighted by Crippen LogP contribution is 2.25. The van der Waals surface area contributed by atoms with E-state index in [-0.39, 0.29) is 17.9 Å². The largest absolute Gasteiger partial charge is 0.495 e. The fourth-order valence-corrected chi connectivity index (χ4v) is 3.70. The van der Waals surface area contributed by atoms with Crippen LogP contribution >= 0.6 is 0 Å². The molecule has 30 heavy (non-hydrogen) atoms. The number of amides is 2. The smallest absolute Gasteiger partial charge is 0.253 e. The number of carbonyl (C=O) groups is 2. The molecule has 160 valence electrons. The summed E-state index contributed by atoms with van der Waals surface area (Å²) in [6.45, 7) is 8.53. The van der Waals surface area contributed by atoms with Crippen LogP contribution in [-0.2, 0) is 11.2 Å². The number of hydrogen-bond donors (Lipinski definition) is 1. The standard InChI is InChI=1S/C24H31N3O3/c1-5-19-7-9-20(10-8-19)24(29)27-14-12-26(13-15-27)18(3)23(28)25-21-16-17(2)6-11-22(21)30-4/h6-11,16,18H,5,12-15H2,1-4H3,(H,25,28). The van der Waals surface area contributed by atoms with Crippen LogP contribution in [-0.4, -0.2) is 60.9 Å². The van der Waals surface area contributed by atoms with Crippen molar-refractivity contribution in [1.29, 1.82) is 0 Å². The minimum atomic E-state index is -0.295. The van der Waals surface area contributed by atoms with E-state index in [1.54, 1.807) is 7.11 Å². The van der Waals surface area contributed by atoms with Crippen molar-refractivity contribution in [2.24, 2.45) is 0 Å². The van der Waals surface area contributed by atoms with Crippen LogP contribution < -0.4 is 10.1 Å². The minimum Gasteiger partial charge on any atom is -0.495 e. The Morgan fingerprint density at radius 2 is 1.73 bits per heavy atom. The number of nitrogens with one attached hydrogen (secondary N) is 1. The Balaban J connectivity index is 1.56. The van der Waals surface area contributed by atoms with Gasteiger partial charge in [0.15, 0.2) is 0 Å². The molecule has 2 amide bonds. The molecular formula is C24H31N3O3. The van der Waals surface area contributed by atoms with Crippen LogP contribution in [0, 0.1) is 6.92 Å². The molecule has 1 atom stereocenters. The summed E-state index contributed by atoms with van der Waals surface area (Å²) in [7, 11) is 1.59. The van der Waals surface area contributed by atoms with Crippen LogP contribution in [0.15, 0.2) is 42.5 Å². The van der Waals surface area contributed by atoms with Crippen LogP contribution in [0.3, 0.4) is 0 Å². The molecule has 2 aromatic carbocycles. The number of anilines is 1. The Morgan fingerprint density at radius 3 is 2.33 bits per heavy atom. The lowest BCUT2D eigenvalue weighted by atomic mass is 10.1. The number of methoxy groups -OCH3 is 1. The maximum atomic E-state index is 12.8. The van der Waals surface area contributed by atoms with Gasteiger partial charge in [0.2, 0.25) is 5.91 Å². The van der Waals surface area contributed by atoms with E-state index in [1.165, 1.54) is 5.56 Å². The third kappa shape index (κ3) is 5.00. The zero-order valence-electron chi connectivity index (χ0n) is 18.3. The Hall–Kier alpha value is -2.86. The molecule has 0 spiro atoms. The predicted octanol–water partition coefficient (Wildman–Crippen LogP) is 3.35. The molecule has 1 unspecified atom stereocenters. The summed E-state index contributed by atoms with van der Waals surface area (Å²) in [5.41, 5.74) is 3.68. The van der Waals surface area contributed by atoms with Crippen LogP contribution in [0.4, 0.5) is 5.69 Å². The molecule has 1 heterocycles. The first kappa shape index (κ1) is 21.8. The number of aryl methyl sites for hydroxylation is 2. The second kappa shape index (κ2) is 9.76. The first-order valence-electron chi connectivity index (χ1n) is 10.5. The average molecular weight is 410 g/mol. The predicted molar refractivity (Wildman–Crippen MR) is 119 cm³/mol. The maximum absolute atomic E-state index is 12.8. The molecule has 1 aliphatic heterocycles. The van der Waals surface area contributed by atoms with E-state index in [0.29, 0.717) is 37.6 Å². The van der Waals surface area contributed by atoms with Gasteiger partial charge in [0.1, 0.15) is 5.75 Å². The molecule has 0 aromatic heterocycles. The molecule has 2 aromatic rings. The Bertz CT molecular complexity index is 887. The Kier molecular flexibility index (Phi) is 7.11. The topological polar surface area (TPSA) is 61.9 Å². The number of rotatable bonds is 6. The van der Waals surface area contributed by atoms with Gasteiger partial charge in [-0.3, -0.25) is 14.5 Å². The number of carbonyl (C=O) groups excluding carboxylic acids is 2. The fraction of sp³-hybridized carbons (Fsp3) is 0.417. The molecule has 0 saturated carbocycles. The highest BCUT2D eigenvalue weighted by molar-refractivity contribution is 5.96. The third-order valence-electron chi connectivity index (χ3n) is 5.75. The molecular weight excluding hydrogens is 378 g/mol. The number of nitrogens with zero attached hydrogens (tertiary/aromatic N) is 2. The average Bonchev–Trinajstić information content (AvgIpc) is 2.78. The van der Waals surface area contributed by atoms with Crippen LogP contribution in [0.5, 0.6) is 5.75 Å². The summed E-state index contributed by atoms with van der Waals surface area (Å²) in [6.07, 6.45) is 0.960. The van der Waals surface area contributed by atoms with Gasteiger partial charge in [0.05, 0.1) is 18.8 Å². The van der Waals surface area contributed by atoms with E-state index in [4.69, 9.17) is 4.74 Å². The maximum Gasteiger partial charge on any atom is 0.253 e. The summed E-state index contributed by atoms with van der Waals surface area (Å²) in [5, 5.41) is 2.98. The molecule has 3 rings (SSSR count). The summed E-state index contributed by atoms with van der Waals surface area (Å²) < 4.78 is 5.35. The molecule has 0 bridgehead atoms.